The van der Waals surface area contributed by atoms with Gasteiger partial charge in [-0.1, -0.05) is 13.3 Å². The van der Waals surface area contributed by atoms with Crippen LogP contribution in [0.15, 0.2) is 0 Å². The summed E-state index contributed by atoms with van der Waals surface area (Å²) < 4.78 is 21.0. The van der Waals surface area contributed by atoms with Crippen molar-refractivity contribution in [2.24, 2.45) is 0 Å². The molecule has 0 aliphatic rings. The van der Waals surface area contributed by atoms with Crippen LogP contribution in [-0.4, -0.2) is 14.2 Å². The molecule has 0 atom stereocenters. The van der Waals surface area contributed by atoms with E-state index < -0.39 is 9.84 Å². The van der Waals surface area contributed by atoms with Gasteiger partial charge in [-0.15, -0.1) is 6.42 Å². The Morgan fingerprint density at radius 3 is 2.44 bits per heavy atom. The summed E-state index contributed by atoms with van der Waals surface area (Å²) in [6.07, 6.45) is 6.23. The van der Waals surface area contributed by atoms with Crippen LogP contribution in [0.3, 0.4) is 0 Å². The third-order valence-electron chi connectivity index (χ3n) is 0.946. The summed E-state index contributed by atoms with van der Waals surface area (Å²) >= 11 is 0. The Morgan fingerprint density at radius 1 is 1.56 bits per heavy atom. The van der Waals surface area contributed by atoms with Crippen molar-refractivity contribution in [3.05, 3.63) is 0 Å². The molecule has 3 heteroatoms. The van der Waals surface area contributed by atoms with Crippen LogP contribution in [0.2, 0.25) is 0 Å². The molecule has 0 heterocycles. The number of rotatable bonds is 3. The lowest BCUT2D eigenvalue weighted by Gasteiger charge is -1.90. The monoisotopic (exact) mass is 146 g/mol. The number of hydrogen-bond donors (Lipinski definition) is 0. The van der Waals surface area contributed by atoms with E-state index in [1.807, 2.05) is 6.92 Å². The summed E-state index contributed by atoms with van der Waals surface area (Å²) in [6, 6.07) is 0. The first kappa shape index (κ1) is 8.51. The Hall–Kier alpha value is -0.490. The van der Waals surface area contributed by atoms with Gasteiger partial charge in [0.25, 0.3) is 0 Å². The van der Waals surface area contributed by atoms with Crippen molar-refractivity contribution in [3.8, 4) is 11.7 Å². The number of hydrogen-bond acceptors (Lipinski definition) is 2. The van der Waals surface area contributed by atoms with E-state index in [1.165, 1.54) is 0 Å². The third-order valence-corrected chi connectivity index (χ3v) is 2.13. The molecular weight excluding hydrogens is 136 g/mol. The molecule has 0 saturated heterocycles. The topological polar surface area (TPSA) is 34.1 Å². The molecule has 0 unspecified atom stereocenters. The van der Waals surface area contributed by atoms with Gasteiger partial charge in [0.05, 0.1) is 5.75 Å². The third kappa shape index (κ3) is 4.04. The summed E-state index contributed by atoms with van der Waals surface area (Å²) in [4.78, 5) is 0. The maximum atomic E-state index is 10.5. The standard InChI is InChI=1S/C6H10O2S/c1-3-5-6-9(7,8)4-2/h2H,3,5-6H2,1H3. The van der Waals surface area contributed by atoms with E-state index in [1.54, 1.807) is 5.25 Å². The number of terminal acetylenes is 1. The molecule has 0 N–H and O–H groups in total. The smallest absolute Gasteiger partial charge is 0.215 e. The highest BCUT2D eigenvalue weighted by Crippen LogP contribution is 1.93. The zero-order chi connectivity index (χ0) is 7.33. The Morgan fingerprint density at radius 2 is 2.11 bits per heavy atom. The van der Waals surface area contributed by atoms with Gasteiger partial charge in [-0.2, -0.15) is 0 Å². The zero-order valence-corrected chi connectivity index (χ0v) is 6.24. The van der Waals surface area contributed by atoms with Gasteiger partial charge in [0.2, 0.25) is 9.84 Å². The first-order valence-electron chi connectivity index (χ1n) is 2.82. The average molecular weight is 146 g/mol. The van der Waals surface area contributed by atoms with Gasteiger partial charge in [0.15, 0.2) is 0 Å². The second-order valence-corrected chi connectivity index (χ2v) is 3.66. The van der Waals surface area contributed by atoms with Gasteiger partial charge in [0.1, 0.15) is 0 Å². The van der Waals surface area contributed by atoms with Crippen LogP contribution in [0.5, 0.6) is 0 Å². The predicted octanol–water partition coefficient (Wildman–Crippen LogP) is 0.792. The van der Waals surface area contributed by atoms with E-state index in [0.717, 1.165) is 6.42 Å². The molecule has 52 valence electrons. The Kier molecular flexibility index (Phi) is 3.33. The first-order chi connectivity index (χ1) is 4.12. The highest BCUT2D eigenvalue weighted by atomic mass is 32.2. The fraction of sp³-hybridized carbons (Fsp3) is 0.667. The van der Waals surface area contributed by atoms with Gasteiger partial charge in [-0.05, 0) is 6.42 Å². The molecular formula is C6H10O2S. The predicted molar refractivity (Wildman–Crippen MR) is 37.5 cm³/mol. The van der Waals surface area contributed by atoms with E-state index in [2.05, 4.69) is 0 Å². The zero-order valence-electron chi connectivity index (χ0n) is 5.42. The lowest BCUT2D eigenvalue weighted by molar-refractivity contribution is 0.603. The molecule has 0 rings (SSSR count). The molecule has 0 radical (unpaired) electrons. The minimum atomic E-state index is -3.15. The van der Waals surface area contributed by atoms with Crippen LogP contribution in [0.25, 0.3) is 0 Å². The highest BCUT2D eigenvalue weighted by molar-refractivity contribution is 7.96. The van der Waals surface area contributed by atoms with Gasteiger partial charge in [0, 0.05) is 5.25 Å². The van der Waals surface area contributed by atoms with Crippen molar-refractivity contribution >= 4 is 9.84 Å². The van der Waals surface area contributed by atoms with E-state index in [9.17, 15) is 8.42 Å². The molecule has 0 spiro atoms. The largest absolute Gasteiger partial charge is 0.216 e. The van der Waals surface area contributed by atoms with Gasteiger partial charge in [-0.3, -0.25) is 0 Å². The van der Waals surface area contributed by atoms with Crippen LogP contribution in [-0.2, 0) is 9.84 Å². The van der Waals surface area contributed by atoms with Crippen LogP contribution in [0.1, 0.15) is 19.8 Å². The maximum Gasteiger partial charge on any atom is 0.216 e. The van der Waals surface area contributed by atoms with Crippen molar-refractivity contribution in [2.45, 2.75) is 19.8 Å². The Bertz CT molecular complexity index is 196. The fourth-order valence-electron chi connectivity index (χ4n) is 0.393. The summed E-state index contributed by atoms with van der Waals surface area (Å²) in [7, 11) is -3.15. The maximum absolute atomic E-state index is 10.5. The van der Waals surface area contributed by atoms with E-state index >= 15 is 0 Å². The summed E-state index contributed by atoms with van der Waals surface area (Å²) in [5, 5.41) is 1.75. The second kappa shape index (κ2) is 3.52. The van der Waals surface area contributed by atoms with Crippen molar-refractivity contribution in [3.63, 3.8) is 0 Å². The summed E-state index contributed by atoms with van der Waals surface area (Å²) in [6.45, 7) is 1.92. The molecule has 9 heavy (non-hydrogen) atoms. The van der Waals surface area contributed by atoms with Gasteiger partial charge >= 0.3 is 0 Å². The second-order valence-electron chi connectivity index (χ2n) is 1.79. The fourth-order valence-corrected chi connectivity index (χ4v) is 1.18. The number of sulfone groups is 1. The molecule has 0 aromatic rings. The molecule has 0 aromatic heterocycles. The molecule has 0 amide bonds. The Labute approximate surface area is 56.2 Å². The lowest BCUT2D eigenvalue weighted by atomic mass is 10.4. The molecule has 0 bridgehead atoms. The van der Waals surface area contributed by atoms with Gasteiger partial charge in [-0.25, -0.2) is 8.42 Å². The average Bonchev–Trinajstić information content (AvgIpc) is 1.84. The molecule has 2 nitrogen and oxygen atoms in total. The molecule has 0 fully saturated rings. The van der Waals surface area contributed by atoms with E-state index in [-0.39, 0.29) is 5.75 Å². The molecule has 0 aliphatic heterocycles. The van der Waals surface area contributed by atoms with Crippen LogP contribution < -0.4 is 0 Å². The minimum absolute atomic E-state index is 0.125. The molecule has 0 saturated carbocycles. The number of unbranched alkanes of at least 4 members (excludes halogenated alkanes) is 1. The minimum Gasteiger partial charge on any atom is -0.215 e. The Balaban J connectivity index is 3.80. The normalized spacial score (nSPS) is 10.7. The SMILES string of the molecule is C#CS(=O)(=O)CCCC. The van der Waals surface area contributed by atoms with Crippen molar-refractivity contribution < 1.29 is 8.42 Å². The quantitative estimate of drug-likeness (QED) is 0.436. The van der Waals surface area contributed by atoms with Crippen LogP contribution in [0.4, 0.5) is 0 Å². The summed E-state index contributed by atoms with van der Waals surface area (Å²) in [5.41, 5.74) is 0. The van der Waals surface area contributed by atoms with E-state index in [4.69, 9.17) is 6.42 Å². The van der Waals surface area contributed by atoms with Crippen LogP contribution >= 0.6 is 0 Å². The van der Waals surface area contributed by atoms with E-state index in [0.29, 0.717) is 6.42 Å². The highest BCUT2D eigenvalue weighted by Gasteiger charge is 2.02. The van der Waals surface area contributed by atoms with Crippen molar-refractivity contribution in [1.82, 2.24) is 0 Å². The van der Waals surface area contributed by atoms with Gasteiger partial charge < -0.3 is 0 Å². The molecule has 0 aromatic carbocycles. The van der Waals surface area contributed by atoms with Crippen molar-refractivity contribution in [1.29, 1.82) is 0 Å². The van der Waals surface area contributed by atoms with Crippen LogP contribution in [0, 0.1) is 11.7 Å². The summed E-state index contributed by atoms with van der Waals surface area (Å²) in [5.74, 6) is 0.125. The lowest BCUT2D eigenvalue weighted by Crippen LogP contribution is -2.00. The van der Waals surface area contributed by atoms with Crippen molar-refractivity contribution in [2.75, 3.05) is 5.75 Å². The molecule has 0 aliphatic carbocycles. The first-order valence-corrected chi connectivity index (χ1v) is 4.47.